The lowest BCUT2D eigenvalue weighted by molar-refractivity contribution is 0.136. The van der Waals surface area contributed by atoms with Crippen LogP contribution < -0.4 is 10.1 Å². The molecule has 2 N–H and O–H groups in total. The zero-order valence-electron chi connectivity index (χ0n) is 12.1. The Kier molecular flexibility index (Phi) is 5.31. The molecule has 0 saturated carbocycles. The Morgan fingerprint density at radius 2 is 1.76 bits per heavy atom. The summed E-state index contributed by atoms with van der Waals surface area (Å²) in [6.45, 7) is 0.241. The Bertz CT molecular complexity index is 556. The second-order valence-electron chi connectivity index (χ2n) is 4.89. The highest BCUT2D eigenvalue weighted by Crippen LogP contribution is 2.25. The standard InChI is InChI=1S/C17H20FNO2/c1-19-17(13-20,14-7-3-2-4-8-14)11-12-21-16-10-6-5-9-15(16)18/h2-10,19-20H,11-13H2,1H3. The number of nitrogens with one attached hydrogen (secondary N) is 1. The average molecular weight is 289 g/mol. The van der Waals surface area contributed by atoms with Gasteiger partial charge in [-0.3, -0.25) is 0 Å². The van der Waals surface area contributed by atoms with Crippen molar-refractivity contribution in [1.82, 2.24) is 5.32 Å². The van der Waals surface area contributed by atoms with Gasteiger partial charge in [0.15, 0.2) is 11.6 Å². The molecule has 2 rings (SSSR count). The zero-order valence-corrected chi connectivity index (χ0v) is 12.1. The van der Waals surface area contributed by atoms with Crippen molar-refractivity contribution in [2.45, 2.75) is 12.0 Å². The third-order valence-electron chi connectivity index (χ3n) is 3.70. The first-order valence-corrected chi connectivity index (χ1v) is 6.94. The third kappa shape index (κ3) is 3.60. The number of rotatable bonds is 7. The van der Waals surface area contributed by atoms with E-state index in [0.29, 0.717) is 13.0 Å². The minimum absolute atomic E-state index is 0.0614. The SMILES string of the molecule is CNC(CO)(CCOc1ccccc1F)c1ccccc1. The number of aliphatic hydroxyl groups excluding tert-OH is 1. The predicted molar refractivity (Wildman–Crippen MR) is 80.8 cm³/mol. The molecule has 4 heteroatoms. The monoisotopic (exact) mass is 289 g/mol. The van der Waals surface area contributed by atoms with E-state index in [2.05, 4.69) is 5.32 Å². The van der Waals surface area contributed by atoms with E-state index < -0.39 is 5.54 Å². The summed E-state index contributed by atoms with van der Waals surface area (Å²) in [6.07, 6.45) is 0.526. The van der Waals surface area contributed by atoms with Crippen LogP contribution in [0.2, 0.25) is 0 Å². The molecule has 2 aromatic carbocycles. The molecular weight excluding hydrogens is 269 g/mol. The summed E-state index contributed by atoms with van der Waals surface area (Å²) in [6, 6.07) is 16.0. The Hall–Kier alpha value is -1.91. The number of para-hydroxylation sites is 1. The molecule has 0 fully saturated rings. The van der Waals surface area contributed by atoms with Crippen LogP contribution in [0.5, 0.6) is 5.75 Å². The van der Waals surface area contributed by atoms with Crippen molar-refractivity contribution in [1.29, 1.82) is 0 Å². The molecular formula is C17H20FNO2. The molecule has 0 aromatic heterocycles. The molecule has 1 atom stereocenters. The van der Waals surface area contributed by atoms with Gasteiger partial charge in [-0.05, 0) is 24.7 Å². The molecule has 0 aliphatic carbocycles. The van der Waals surface area contributed by atoms with Crippen LogP contribution in [0.3, 0.4) is 0 Å². The summed E-state index contributed by atoms with van der Waals surface area (Å²) in [4.78, 5) is 0. The summed E-state index contributed by atoms with van der Waals surface area (Å²) >= 11 is 0. The summed E-state index contributed by atoms with van der Waals surface area (Å²) in [7, 11) is 1.80. The average Bonchev–Trinajstić information content (AvgIpc) is 2.54. The lowest BCUT2D eigenvalue weighted by atomic mass is 9.88. The second kappa shape index (κ2) is 7.20. The first-order chi connectivity index (χ1) is 10.2. The minimum Gasteiger partial charge on any atom is -0.490 e. The summed E-state index contributed by atoms with van der Waals surface area (Å²) in [5.41, 5.74) is 0.388. The van der Waals surface area contributed by atoms with Crippen molar-refractivity contribution >= 4 is 0 Å². The predicted octanol–water partition coefficient (Wildman–Crippen LogP) is 2.70. The molecule has 0 spiro atoms. The molecule has 0 radical (unpaired) electrons. The van der Waals surface area contributed by atoms with Gasteiger partial charge in [0.05, 0.1) is 18.8 Å². The molecule has 0 bridgehead atoms. The summed E-state index contributed by atoms with van der Waals surface area (Å²) in [5.74, 6) is -0.148. The maximum Gasteiger partial charge on any atom is 0.165 e. The first-order valence-electron chi connectivity index (χ1n) is 6.94. The highest BCUT2D eigenvalue weighted by molar-refractivity contribution is 5.26. The number of likely N-dealkylation sites (N-methyl/N-ethyl adjacent to an activating group) is 1. The van der Waals surface area contributed by atoms with Gasteiger partial charge in [0.1, 0.15) is 0 Å². The fourth-order valence-corrected chi connectivity index (χ4v) is 2.32. The Balaban J connectivity index is 2.06. The second-order valence-corrected chi connectivity index (χ2v) is 4.89. The molecule has 0 amide bonds. The maximum atomic E-state index is 13.5. The number of benzene rings is 2. The van der Waals surface area contributed by atoms with Crippen molar-refractivity contribution in [2.75, 3.05) is 20.3 Å². The smallest absolute Gasteiger partial charge is 0.165 e. The lowest BCUT2D eigenvalue weighted by Crippen LogP contribution is -2.44. The Morgan fingerprint density at radius 3 is 2.38 bits per heavy atom. The van der Waals surface area contributed by atoms with Crippen molar-refractivity contribution < 1.29 is 14.2 Å². The molecule has 1 unspecified atom stereocenters. The van der Waals surface area contributed by atoms with E-state index in [4.69, 9.17) is 4.74 Å². The lowest BCUT2D eigenvalue weighted by Gasteiger charge is -2.32. The third-order valence-corrected chi connectivity index (χ3v) is 3.70. The summed E-state index contributed by atoms with van der Waals surface area (Å²) in [5, 5.41) is 12.9. The van der Waals surface area contributed by atoms with Crippen molar-refractivity contribution in [3.63, 3.8) is 0 Å². The van der Waals surface area contributed by atoms with Crippen LogP contribution in [0.25, 0.3) is 0 Å². The maximum absolute atomic E-state index is 13.5. The fourth-order valence-electron chi connectivity index (χ4n) is 2.32. The van der Waals surface area contributed by atoms with Crippen molar-refractivity contribution in [3.8, 4) is 5.75 Å². The molecule has 0 aliphatic rings. The minimum atomic E-state index is -0.591. The highest BCUT2D eigenvalue weighted by Gasteiger charge is 2.29. The van der Waals surface area contributed by atoms with E-state index in [0.717, 1.165) is 5.56 Å². The fraction of sp³-hybridized carbons (Fsp3) is 0.294. The first kappa shape index (κ1) is 15.5. The Labute approximate surface area is 124 Å². The highest BCUT2D eigenvalue weighted by atomic mass is 19.1. The van der Waals surface area contributed by atoms with Gasteiger partial charge in [0.2, 0.25) is 0 Å². The van der Waals surface area contributed by atoms with Crippen LogP contribution in [-0.4, -0.2) is 25.4 Å². The van der Waals surface area contributed by atoms with Crippen LogP contribution in [0, 0.1) is 5.82 Å². The quantitative estimate of drug-likeness (QED) is 0.823. The van der Waals surface area contributed by atoms with Gasteiger partial charge in [-0.2, -0.15) is 0 Å². The van der Waals surface area contributed by atoms with Crippen LogP contribution in [0.15, 0.2) is 54.6 Å². The molecule has 3 nitrogen and oxygen atoms in total. The number of halogens is 1. The van der Waals surface area contributed by atoms with E-state index >= 15 is 0 Å². The van der Waals surface area contributed by atoms with E-state index in [9.17, 15) is 9.50 Å². The van der Waals surface area contributed by atoms with Crippen LogP contribution in [-0.2, 0) is 5.54 Å². The number of ether oxygens (including phenoxy) is 1. The van der Waals surface area contributed by atoms with Crippen molar-refractivity contribution in [2.24, 2.45) is 0 Å². The molecule has 21 heavy (non-hydrogen) atoms. The van der Waals surface area contributed by atoms with E-state index in [1.807, 2.05) is 30.3 Å². The molecule has 0 heterocycles. The number of hydrogen-bond acceptors (Lipinski definition) is 3. The van der Waals surface area contributed by atoms with E-state index in [1.54, 1.807) is 25.2 Å². The summed E-state index contributed by atoms with van der Waals surface area (Å²) < 4.78 is 19.0. The van der Waals surface area contributed by atoms with Crippen LogP contribution in [0.4, 0.5) is 4.39 Å². The van der Waals surface area contributed by atoms with Gasteiger partial charge in [0, 0.05) is 6.42 Å². The van der Waals surface area contributed by atoms with Gasteiger partial charge in [-0.1, -0.05) is 42.5 Å². The number of aliphatic hydroxyl groups is 1. The van der Waals surface area contributed by atoms with Gasteiger partial charge >= 0.3 is 0 Å². The molecule has 112 valence electrons. The van der Waals surface area contributed by atoms with Gasteiger partial charge in [-0.15, -0.1) is 0 Å². The van der Waals surface area contributed by atoms with Crippen LogP contribution in [0.1, 0.15) is 12.0 Å². The normalized spacial score (nSPS) is 13.7. The molecule has 2 aromatic rings. The van der Waals surface area contributed by atoms with Gasteiger partial charge in [-0.25, -0.2) is 4.39 Å². The van der Waals surface area contributed by atoms with Crippen LogP contribution >= 0.6 is 0 Å². The largest absolute Gasteiger partial charge is 0.490 e. The van der Waals surface area contributed by atoms with E-state index in [-0.39, 0.29) is 18.2 Å². The number of hydrogen-bond donors (Lipinski definition) is 2. The Morgan fingerprint density at radius 1 is 1.10 bits per heavy atom. The van der Waals surface area contributed by atoms with E-state index in [1.165, 1.54) is 6.07 Å². The molecule has 0 saturated heterocycles. The van der Waals surface area contributed by atoms with Gasteiger partial charge < -0.3 is 15.2 Å². The van der Waals surface area contributed by atoms with Crippen molar-refractivity contribution in [3.05, 3.63) is 66.0 Å². The zero-order chi connectivity index (χ0) is 15.1. The molecule has 0 aliphatic heterocycles. The topological polar surface area (TPSA) is 41.5 Å². The van der Waals surface area contributed by atoms with Gasteiger partial charge in [0.25, 0.3) is 0 Å².